The summed E-state index contributed by atoms with van der Waals surface area (Å²) in [5.41, 5.74) is 0.136. The maximum absolute atomic E-state index is 9.30. The van der Waals surface area contributed by atoms with Crippen molar-refractivity contribution in [1.82, 2.24) is 0 Å². The van der Waals surface area contributed by atoms with Gasteiger partial charge in [-0.25, -0.2) is 0 Å². The van der Waals surface area contributed by atoms with Gasteiger partial charge in [-0.3, -0.25) is 0 Å². The van der Waals surface area contributed by atoms with Crippen LogP contribution in [-0.2, 0) is 11.3 Å². The Morgan fingerprint density at radius 1 is 1.18 bits per heavy atom. The summed E-state index contributed by atoms with van der Waals surface area (Å²) in [6, 6.07) is 9.91. The van der Waals surface area contributed by atoms with Crippen LogP contribution >= 0.6 is 0 Å². The minimum atomic E-state index is -0.987. The van der Waals surface area contributed by atoms with Crippen LogP contribution in [0.25, 0.3) is 0 Å². The Balaban J connectivity index is 2.25. The van der Waals surface area contributed by atoms with Crippen LogP contribution in [0.15, 0.2) is 30.3 Å². The molecule has 0 unspecified atom stereocenters. The summed E-state index contributed by atoms with van der Waals surface area (Å²) in [4.78, 5) is 0. The molecule has 88 valence electrons. The zero-order valence-electron chi connectivity index (χ0n) is 10.2. The van der Waals surface area contributed by atoms with Gasteiger partial charge in [0.15, 0.2) is 0 Å². The number of ether oxygens (including phenoxy) is 1. The molecule has 0 amide bonds. The molecule has 0 aliphatic rings. The van der Waals surface area contributed by atoms with Gasteiger partial charge >= 0.3 is 0 Å². The van der Waals surface area contributed by atoms with E-state index in [0.717, 1.165) is 5.56 Å². The normalized spacial score (nSPS) is 9.82. The molecule has 2 heteroatoms. The minimum absolute atomic E-state index is 0.343. The molecular formula is C15H16O2. The van der Waals surface area contributed by atoms with Crippen molar-refractivity contribution in [3.63, 3.8) is 0 Å². The molecule has 0 atom stereocenters. The molecular weight excluding hydrogens is 212 g/mol. The standard InChI is InChI=1S/C15H16O2/c1-15(2,16)11-7-4-8-12-17-13-14-9-5-3-6-10-14/h3,5-6,9-10,16H,12-13H2,1-2H3. The van der Waals surface area contributed by atoms with E-state index in [9.17, 15) is 5.11 Å². The lowest BCUT2D eigenvalue weighted by Crippen LogP contribution is -2.14. The summed E-state index contributed by atoms with van der Waals surface area (Å²) in [6.07, 6.45) is 0. The van der Waals surface area contributed by atoms with Crippen molar-refractivity contribution >= 4 is 0 Å². The van der Waals surface area contributed by atoms with Crippen LogP contribution in [0, 0.1) is 23.7 Å². The van der Waals surface area contributed by atoms with E-state index < -0.39 is 5.60 Å². The first-order chi connectivity index (χ1) is 8.08. The molecule has 1 N–H and O–H groups in total. The summed E-state index contributed by atoms with van der Waals surface area (Å²) in [5, 5.41) is 9.30. The van der Waals surface area contributed by atoms with E-state index in [1.807, 2.05) is 30.3 Å². The predicted octanol–water partition coefficient (Wildman–Crippen LogP) is 1.98. The molecule has 1 aromatic rings. The van der Waals surface area contributed by atoms with Crippen molar-refractivity contribution in [3.05, 3.63) is 35.9 Å². The number of hydrogen-bond acceptors (Lipinski definition) is 2. The Kier molecular flexibility index (Phi) is 5.30. The molecule has 0 aliphatic carbocycles. The summed E-state index contributed by atoms with van der Waals surface area (Å²) in [5.74, 6) is 10.6. The van der Waals surface area contributed by atoms with Gasteiger partial charge < -0.3 is 9.84 Å². The second-order valence-electron chi connectivity index (χ2n) is 4.09. The van der Waals surface area contributed by atoms with E-state index in [2.05, 4.69) is 23.7 Å². The zero-order chi connectivity index (χ0) is 12.6. The van der Waals surface area contributed by atoms with E-state index in [1.165, 1.54) is 0 Å². The fraction of sp³-hybridized carbons (Fsp3) is 0.333. The van der Waals surface area contributed by atoms with Crippen molar-refractivity contribution in [3.8, 4) is 23.7 Å². The quantitative estimate of drug-likeness (QED) is 0.633. The Morgan fingerprint density at radius 3 is 2.53 bits per heavy atom. The van der Waals surface area contributed by atoms with Crippen LogP contribution in [0.3, 0.4) is 0 Å². The molecule has 17 heavy (non-hydrogen) atoms. The van der Waals surface area contributed by atoms with Gasteiger partial charge in [0, 0.05) is 0 Å². The van der Waals surface area contributed by atoms with Gasteiger partial charge in [0.1, 0.15) is 12.2 Å². The van der Waals surface area contributed by atoms with Crippen molar-refractivity contribution in [1.29, 1.82) is 0 Å². The summed E-state index contributed by atoms with van der Waals surface area (Å²) in [7, 11) is 0. The van der Waals surface area contributed by atoms with Gasteiger partial charge in [0.2, 0.25) is 0 Å². The lowest BCUT2D eigenvalue weighted by Gasteiger charge is -2.04. The lowest BCUT2D eigenvalue weighted by molar-refractivity contribution is 0.143. The molecule has 0 aromatic heterocycles. The first-order valence-electron chi connectivity index (χ1n) is 5.42. The Labute approximate surface area is 103 Å². The lowest BCUT2D eigenvalue weighted by atomic mass is 10.1. The number of rotatable bonds is 3. The summed E-state index contributed by atoms with van der Waals surface area (Å²) < 4.78 is 5.35. The van der Waals surface area contributed by atoms with E-state index in [4.69, 9.17) is 4.74 Å². The number of hydrogen-bond donors (Lipinski definition) is 1. The van der Waals surface area contributed by atoms with Crippen LogP contribution < -0.4 is 0 Å². The Bertz CT molecular complexity index is 447. The molecule has 0 radical (unpaired) electrons. The van der Waals surface area contributed by atoms with Gasteiger partial charge in [-0.05, 0) is 31.3 Å². The van der Waals surface area contributed by atoms with Gasteiger partial charge in [-0.15, -0.1) is 0 Å². The van der Waals surface area contributed by atoms with Crippen LogP contribution in [0.5, 0.6) is 0 Å². The minimum Gasteiger partial charge on any atom is -0.378 e. The van der Waals surface area contributed by atoms with Crippen molar-refractivity contribution in [2.45, 2.75) is 26.1 Å². The van der Waals surface area contributed by atoms with Gasteiger partial charge in [-0.2, -0.15) is 0 Å². The fourth-order valence-electron chi connectivity index (χ4n) is 1.06. The predicted molar refractivity (Wildman–Crippen MR) is 67.9 cm³/mol. The third kappa shape index (κ3) is 7.19. The average molecular weight is 228 g/mol. The third-order valence-corrected chi connectivity index (χ3v) is 1.81. The molecule has 0 spiro atoms. The molecule has 1 rings (SSSR count). The van der Waals surface area contributed by atoms with Crippen molar-refractivity contribution < 1.29 is 9.84 Å². The van der Waals surface area contributed by atoms with Crippen LogP contribution in [-0.4, -0.2) is 17.3 Å². The van der Waals surface area contributed by atoms with Crippen LogP contribution in [0.4, 0.5) is 0 Å². The Hall–Kier alpha value is -1.74. The maximum Gasteiger partial charge on any atom is 0.120 e. The highest BCUT2D eigenvalue weighted by atomic mass is 16.5. The first kappa shape index (κ1) is 13.3. The molecule has 1 aromatic carbocycles. The van der Waals surface area contributed by atoms with Gasteiger partial charge in [0.25, 0.3) is 0 Å². The van der Waals surface area contributed by atoms with E-state index in [0.29, 0.717) is 13.2 Å². The van der Waals surface area contributed by atoms with Gasteiger partial charge in [-0.1, -0.05) is 42.2 Å². The SMILES string of the molecule is CC(C)(O)C#CC#CCOCc1ccccc1. The van der Waals surface area contributed by atoms with Crippen LogP contribution in [0.2, 0.25) is 0 Å². The average Bonchev–Trinajstić information content (AvgIpc) is 2.28. The molecule has 0 saturated carbocycles. The zero-order valence-corrected chi connectivity index (χ0v) is 10.2. The summed E-state index contributed by atoms with van der Waals surface area (Å²) in [6.45, 7) is 4.13. The molecule has 0 heterocycles. The molecule has 0 aliphatic heterocycles. The van der Waals surface area contributed by atoms with E-state index in [-0.39, 0.29) is 0 Å². The smallest absolute Gasteiger partial charge is 0.120 e. The largest absolute Gasteiger partial charge is 0.378 e. The van der Waals surface area contributed by atoms with Crippen molar-refractivity contribution in [2.24, 2.45) is 0 Å². The molecule has 0 fully saturated rings. The third-order valence-electron chi connectivity index (χ3n) is 1.81. The Morgan fingerprint density at radius 2 is 1.88 bits per heavy atom. The second-order valence-corrected chi connectivity index (χ2v) is 4.09. The van der Waals surface area contributed by atoms with Crippen molar-refractivity contribution in [2.75, 3.05) is 6.61 Å². The molecule has 2 nitrogen and oxygen atoms in total. The summed E-state index contributed by atoms with van der Waals surface area (Å²) >= 11 is 0. The maximum atomic E-state index is 9.30. The van der Waals surface area contributed by atoms with Crippen LogP contribution in [0.1, 0.15) is 19.4 Å². The monoisotopic (exact) mass is 228 g/mol. The van der Waals surface area contributed by atoms with Gasteiger partial charge in [0.05, 0.1) is 6.61 Å². The number of aliphatic hydroxyl groups is 1. The molecule has 0 saturated heterocycles. The van der Waals surface area contributed by atoms with E-state index >= 15 is 0 Å². The fourth-order valence-corrected chi connectivity index (χ4v) is 1.06. The molecule has 0 bridgehead atoms. The first-order valence-corrected chi connectivity index (χ1v) is 5.42. The highest BCUT2D eigenvalue weighted by molar-refractivity contribution is 5.29. The topological polar surface area (TPSA) is 29.5 Å². The highest BCUT2D eigenvalue weighted by Crippen LogP contribution is 1.99. The second kappa shape index (κ2) is 6.76. The number of benzene rings is 1. The highest BCUT2D eigenvalue weighted by Gasteiger charge is 2.04. The van der Waals surface area contributed by atoms with E-state index in [1.54, 1.807) is 13.8 Å².